The van der Waals surface area contributed by atoms with Crippen molar-refractivity contribution in [2.24, 2.45) is 10.9 Å². The second-order valence-corrected chi connectivity index (χ2v) is 6.69. The predicted octanol–water partition coefficient (Wildman–Crippen LogP) is 2.94. The van der Waals surface area contributed by atoms with E-state index >= 15 is 0 Å². The van der Waals surface area contributed by atoms with Crippen molar-refractivity contribution in [2.75, 3.05) is 46.6 Å². The number of nitrogens with one attached hydrogen (secondary N) is 3. The van der Waals surface area contributed by atoms with E-state index in [4.69, 9.17) is 9.47 Å². The van der Waals surface area contributed by atoms with Gasteiger partial charge in [0.05, 0.1) is 13.2 Å². The van der Waals surface area contributed by atoms with Gasteiger partial charge in [-0.1, -0.05) is 18.2 Å². The summed E-state index contributed by atoms with van der Waals surface area (Å²) in [5.41, 5.74) is 2.52. The van der Waals surface area contributed by atoms with Gasteiger partial charge >= 0.3 is 0 Å². The van der Waals surface area contributed by atoms with Gasteiger partial charge in [0.15, 0.2) is 5.96 Å². The minimum absolute atomic E-state index is 0. The van der Waals surface area contributed by atoms with Crippen LogP contribution < -0.4 is 10.6 Å². The van der Waals surface area contributed by atoms with Crippen molar-refractivity contribution >= 4 is 40.8 Å². The third-order valence-corrected chi connectivity index (χ3v) is 4.72. The van der Waals surface area contributed by atoms with Gasteiger partial charge in [-0.05, 0) is 30.9 Å². The summed E-state index contributed by atoms with van der Waals surface area (Å²) >= 11 is 0. The van der Waals surface area contributed by atoms with Crippen LogP contribution in [0, 0.1) is 5.92 Å². The van der Waals surface area contributed by atoms with Crippen LogP contribution in [0.3, 0.4) is 0 Å². The lowest BCUT2D eigenvalue weighted by Crippen LogP contribution is -2.39. The maximum Gasteiger partial charge on any atom is 0.190 e. The van der Waals surface area contributed by atoms with Crippen LogP contribution in [0.2, 0.25) is 0 Å². The van der Waals surface area contributed by atoms with E-state index in [-0.39, 0.29) is 24.0 Å². The van der Waals surface area contributed by atoms with Gasteiger partial charge in [-0.15, -0.1) is 24.0 Å². The molecule has 0 bridgehead atoms. The van der Waals surface area contributed by atoms with Gasteiger partial charge in [-0.3, -0.25) is 4.99 Å². The number of ether oxygens (including phenoxy) is 2. The standard InChI is InChI=1S/C20H30N4O2.HI/c1-21-20(22-9-4-11-25-14-16-8-12-26-15-16)23-10-7-17-13-24-19-6-3-2-5-18(17)19;/h2-3,5-6,13,16,24H,4,7-12,14-15H2,1H3,(H2,21,22,23);1H. The fourth-order valence-corrected chi connectivity index (χ4v) is 3.22. The summed E-state index contributed by atoms with van der Waals surface area (Å²) in [5, 5.41) is 8.01. The van der Waals surface area contributed by atoms with Crippen LogP contribution in [-0.2, 0) is 15.9 Å². The Hall–Kier alpha value is -1.32. The Morgan fingerprint density at radius 2 is 2.15 bits per heavy atom. The molecule has 1 saturated heterocycles. The summed E-state index contributed by atoms with van der Waals surface area (Å²) in [4.78, 5) is 7.60. The first-order valence-corrected chi connectivity index (χ1v) is 9.52. The van der Waals surface area contributed by atoms with Crippen LogP contribution in [0.4, 0.5) is 0 Å². The van der Waals surface area contributed by atoms with Crippen molar-refractivity contribution in [3.63, 3.8) is 0 Å². The van der Waals surface area contributed by atoms with Gasteiger partial charge in [0, 0.05) is 56.4 Å². The number of benzene rings is 1. The van der Waals surface area contributed by atoms with Gasteiger partial charge in [0.1, 0.15) is 0 Å². The van der Waals surface area contributed by atoms with Gasteiger partial charge in [0.2, 0.25) is 0 Å². The van der Waals surface area contributed by atoms with Crippen LogP contribution in [0.15, 0.2) is 35.5 Å². The summed E-state index contributed by atoms with van der Waals surface area (Å²) < 4.78 is 11.1. The number of aromatic amines is 1. The topological polar surface area (TPSA) is 70.7 Å². The smallest absolute Gasteiger partial charge is 0.190 e. The Morgan fingerprint density at radius 1 is 1.30 bits per heavy atom. The van der Waals surface area contributed by atoms with E-state index in [1.54, 1.807) is 7.05 Å². The maximum absolute atomic E-state index is 5.72. The summed E-state index contributed by atoms with van der Waals surface area (Å²) in [6.07, 6.45) is 5.15. The molecule has 1 aliphatic heterocycles. The third kappa shape index (κ3) is 6.97. The first kappa shape index (κ1) is 22.0. The normalized spacial score (nSPS) is 17.1. The molecule has 1 atom stereocenters. The first-order valence-electron chi connectivity index (χ1n) is 9.52. The van der Waals surface area contributed by atoms with Gasteiger partial charge in [-0.25, -0.2) is 0 Å². The van der Waals surface area contributed by atoms with E-state index in [1.165, 1.54) is 16.5 Å². The van der Waals surface area contributed by atoms with Crippen LogP contribution in [0.5, 0.6) is 0 Å². The summed E-state index contributed by atoms with van der Waals surface area (Å²) in [6, 6.07) is 8.40. The fourth-order valence-electron chi connectivity index (χ4n) is 3.22. The van der Waals surface area contributed by atoms with Gasteiger partial charge in [-0.2, -0.15) is 0 Å². The van der Waals surface area contributed by atoms with E-state index < -0.39 is 0 Å². The van der Waals surface area contributed by atoms with Crippen LogP contribution in [0.1, 0.15) is 18.4 Å². The molecular weight excluding hydrogens is 455 g/mol. The molecular formula is C20H31IN4O2. The molecule has 0 amide bonds. The molecule has 3 rings (SSSR count). The van der Waals surface area contributed by atoms with Crippen LogP contribution in [0.25, 0.3) is 10.9 Å². The van der Waals surface area contributed by atoms with Crippen molar-refractivity contribution < 1.29 is 9.47 Å². The molecule has 7 heteroatoms. The molecule has 1 aromatic carbocycles. The molecule has 0 radical (unpaired) electrons. The van der Waals surface area contributed by atoms with Crippen molar-refractivity contribution in [3.8, 4) is 0 Å². The van der Waals surface area contributed by atoms with E-state index in [0.29, 0.717) is 5.92 Å². The number of para-hydroxylation sites is 1. The Kier molecular flexibility index (Phi) is 9.93. The highest BCUT2D eigenvalue weighted by Crippen LogP contribution is 2.17. The number of aliphatic imine (C=N–C) groups is 1. The number of guanidine groups is 1. The molecule has 2 heterocycles. The zero-order valence-corrected chi connectivity index (χ0v) is 18.3. The average molecular weight is 486 g/mol. The quantitative estimate of drug-likeness (QED) is 0.221. The molecule has 0 aliphatic carbocycles. The van der Waals surface area contributed by atoms with Crippen LogP contribution in [-0.4, -0.2) is 57.5 Å². The number of rotatable bonds is 9. The Labute approximate surface area is 178 Å². The number of H-pyrrole nitrogens is 1. The zero-order valence-electron chi connectivity index (χ0n) is 16.0. The van der Waals surface area contributed by atoms with Gasteiger partial charge in [0.25, 0.3) is 0 Å². The van der Waals surface area contributed by atoms with E-state index in [9.17, 15) is 0 Å². The molecule has 27 heavy (non-hydrogen) atoms. The molecule has 6 nitrogen and oxygen atoms in total. The second kappa shape index (κ2) is 12.2. The Bertz CT molecular complexity index is 698. The number of halogens is 1. The summed E-state index contributed by atoms with van der Waals surface area (Å²) in [6.45, 7) is 5.03. The fraction of sp³-hybridized carbons (Fsp3) is 0.550. The SMILES string of the molecule is CN=C(NCCCOCC1CCOC1)NCCc1c[nH]c2ccccc12.I. The molecule has 1 aliphatic rings. The molecule has 1 fully saturated rings. The summed E-state index contributed by atoms with van der Waals surface area (Å²) in [7, 11) is 1.80. The van der Waals surface area contributed by atoms with Crippen molar-refractivity contribution in [2.45, 2.75) is 19.3 Å². The molecule has 2 aromatic rings. The number of hydrogen-bond donors (Lipinski definition) is 3. The molecule has 1 aromatic heterocycles. The highest BCUT2D eigenvalue weighted by molar-refractivity contribution is 14.0. The number of hydrogen-bond acceptors (Lipinski definition) is 3. The van der Waals surface area contributed by atoms with Crippen molar-refractivity contribution in [3.05, 3.63) is 36.0 Å². The maximum atomic E-state index is 5.72. The van der Waals surface area contributed by atoms with E-state index in [0.717, 1.165) is 64.7 Å². The summed E-state index contributed by atoms with van der Waals surface area (Å²) in [5.74, 6) is 1.43. The van der Waals surface area contributed by atoms with Crippen molar-refractivity contribution in [1.82, 2.24) is 15.6 Å². The minimum Gasteiger partial charge on any atom is -0.381 e. The van der Waals surface area contributed by atoms with E-state index in [1.807, 2.05) is 0 Å². The monoisotopic (exact) mass is 486 g/mol. The molecule has 1 unspecified atom stereocenters. The Morgan fingerprint density at radius 3 is 2.96 bits per heavy atom. The molecule has 150 valence electrons. The minimum atomic E-state index is 0. The lowest BCUT2D eigenvalue weighted by atomic mass is 10.1. The van der Waals surface area contributed by atoms with E-state index in [2.05, 4.69) is 51.1 Å². The second-order valence-electron chi connectivity index (χ2n) is 6.69. The zero-order chi connectivity index (χ0) is 18.0. The number of aromatic nitrogens is 1. The first-order chi connectivity index (χ1) is 12.9. The molecule has 0 saturated carbocycles. The van der Waals surface area contributed by atoms with Crippen LogP contribution >= 0.6 is 24.0 Å². The molecule has 3 N–H and O–H groups in total. The largest absolute Gasteiger partial charge is 0.381 e. The number of nitrogens with zero attached hydrogens (tertiary/aromatic N) is 1. The third-order valence-electron chi connectivity index (χ3n) is 4.72. The average Bonchev–Trinajstić information content (AvgIpc) is 3.33. The lowest BCUT2D eigenvalue weighted by molar-refractivity contribution is 0.0888. The lowest BCUT2D eigenvalue weighted by Gasteiger charge is -2.12. The van der Waals surface area contributed by atoms with Crippen molar-refractivity contribution in [1.29, 1.82) is 0 Å². The Balaban J connectivity index is 0.00000261. The van der Waals surface area contributed by atoms with Gasteiger partial charge < -0.3 is 25.1 Å². The predicted molar refractivity (Wildman–Crippen MR) is 121 cm³/mol. The highest BCUT2D eigenvalue weighted by Gasteiger charge is 2.15. The molecule has 0 spiro atoms. The highest BCUT2D eigenvalue weighted by atomic mass is 127. The number of fused-ring (bicyclic) bond motifs is 1.